The van der Waals surface area contributed by atoms with E-state index >= 15 is 0 Å². The second kappa shape index (κ2) is 4.11. The van der Waals surface area contributed by atoms with E-state index in [2.05, 4.69) is 26.0 Å². The van der Waals surface area contributed by atoms with Crippen LogP contribution in [0, 0.1) is 0 Å². The van der Waals surface area contributed by atoms with Crippen LogP contribution in [0.3, 0.4) is 0 Å². The fourth-order valence-corrected chi connectivity index (χ4v) is 1.13. The first-order valence-corrected chi connectivity index (χ1v) is 4.23. The van der Waals surface area contributed by atoms with E-state index in [9.17, 15) is 4.79 Å². The zero-order chi connectivity index (χ0) is 9.80. The van der Waals surface area contributed by atoms with Gasteiger partial charge in [0.1, 0.15) is 0 Å². The number of H-pyrrole nitrogens is 1. The lowest BCUT2D eigenvalue weighted by Gasteiger charge is -2.26. The molecule has 0 aliphatic carbocycles. The normalized spacial score (nSPS) is 18.0. The van der Waals surface area contributed by atoms with Crippen molar-refractivity contribution in [1.29, 1.82) is 0 Å². The maximum atomic E-state index is 11.4. The molecule has 1 saturated heterocycles. The Hall–Kier alpha value is -1.54. The first kappa shape index (κ1) is 9.03. The number of nitrogens with one attached hydrogen (secondary N) is 2. The fraction of sp³-hybridized carbons (Fsp3) is 0.667. The minimum Gasteiger partial charge on any atom is -0.379 e. The van der Waals surface area contributed by atoms with Gasteiger partial charge in [-0.05, 0) is 5.21 Å². The third kappa shape index (κ3) is 2.03. The summed E-state index contributed by atoms with van der Waals surface area (Å²) in [6.07, 6.45) is 0. The van der Waals surface area contributed by atoms with Gasteiger partial charge in [0.25, 0.3) is 5.82 Å². The average Bonchev–Trinajstić information content (AvgIpc) is 2.72. The monoisotopic (exact) mass is 198 g/mol. The maximum Gasteiger partial charge on any atom is 0.307 e. The lowest BCUT2D eigenvalue weighted by molar-refractivity contribution is 0.0123. The Morgan fingerprint density at radius 3 is 2.93 bits per heavy atom. The van der Waals surface area contributed by atoms with Crippen LogP contribution in [0.15, 0.2) is 0 Å². The van der Waals surface area contributed by atoms with E-state index in [1.54, 1.807) is 5.01 Å². The summed E-state index contributed by atoms with van der Waals surface area (Å²) in [7, 11) is 0. The molecule has 76 valence electrons. The Bertz CT molecular complexity index is 293. The van der Waals surface area contributed by atoms with Crippen molar-refractivity contribution in [1.82, 2.24) is 31.1 Å². The molecule has 2 N–H and O–H groups in total. The van der Waals surface area contributed by atoms with Gasteiger partial charge in [0.05, 0.1) is 13.2 Å². The number of amides is 1. The molecule has 1 aromatic heterocycles. The zero-order valence-corrected chi connectivity index (χ0v) is 7.43. The van der Waals surface area contributed by atoms with Gasteiger partial charge in [-0.1, -0.05) is 0 Å². The van der Waals surface area contributed by atoms with E-state index in [0.717, 1.165) is 0 Å². The SMILES string of the molecule is O=C(NN1CCOCC1)c1nn[nH]n1. The van der Waals surface area contributed by atoms with Crippen LogP contribution in [0.5, 0.6) is 0 Å². The number of tetrazole rings is 1. The van der Waals surface area contributed by atoms with Gasteiger partial charge >= 0.3 is 5.91 Å². The quantitative estimate of drug-likeness (QED) is 0.580. The van der Waals surface area contributed by atoms with Crippen molar-refractivity contribution < 1.29 is 9.53 Å². The summed E-state index contributed by atoms with van der Waals surface area (Å²) >= 11 is 0. The van der Waals surface area contributed by atoms with Crippen molar-refractivity contribution >= 4 is 5.91 Å². The summed E-state index contributed by atoms with van der Waals surface area (Å²) in [6.45, 7) is 2.58. The molecule has 1 aromatic rings. The van der Waals surface area contributed by atoms with Gasteiger partial charge < -0.3 is 4.74 Å². The molecule has 1 fully saturated rings. The number of carbonyl (C=O) groups excluding carboxylic acids is 1. The molecule has 0 saturated carbocycles. The van der Waals surface area contributed by atoms with Gasteiger partial charge in [0.15, 0.2) is 0 Å². The van der Waals surface area contributed by atoms with Crippen LogP contribution in [0.4, 0.5) is 0 Å². The molecule has 0 spiro atoms. The number of aromatic nitrogens is 4. The smallest absolute Gasteiger partial charge is 0.307 e. The molecule has 8 heteroatoms. The van der Waals surface area contributed by atoms with Crippen LogP contribution in [0.2, 0.25) is 0 Å². The van der Waals surface area contributed by atoms with E-state index < -0.39 is 0 Å². The second-order valence-electron chi connectivity index (χ2n) is 2.78. The molecule has 2 rings (SSSR count). The number of nitrogens with zero attached hydrogens (tertiary/aromatic N) is 4. The minimum absolute atomic E-state index is 0.0384. The molecule has 8 nitrogen and oxygen atoms in total. The fourth-order valence-electron chi connectivity index (χ4n) is 1.13. The third-order valence-electron chi connectivity index (χ3n) is 1.82. The van der Waals surface area contributed by atoms with E-state index in [1.807, 2.05) is 0 Å². The Morgan fingerprint density at radius 2 is 2.29 bits per heavy atom. The van der Waals surface area contributed by atoms with Crippen molar-refractivity contribution in [3.63, 3.8) is 0 Å². The van der Waals surface area contributed by atoms with Crippen LogP contribution in [-0.4, -0.2) is 57.8 Å². The molecule has 1 amide bonds. The summed E-state index contributed by atoms with van der Waals surface area (Å²) in [5.74, 6) is -0.322. The van der Waals surface area contributed by atoms with E-state index in [1.165, 1.54) is 0 Å². The van der Waals surface area contributed by atoms with Crippen LogP contribution < -0.4 is 5.43 Å². The summed E-state index contributed by atoms with van der Waals surface area (Å²) in [5, 5.41) is 14.4. The standard InChI is InChI=1S/C6H10N6O2/c13-6(5-7-10-11-8-5)9-12-1-3-14-4-2-12/h1-4H2,(H,9,13)(H,7,8,10,11). The van der Waals surface area contributed by atoms with Crippen LogP contribution in [0.1, 0.15) is 10.6 Å². The molecule has 0 atom stereocenters. The molecule has 2 heterocycles. The van der Waals surface area contributed by atoms with E-state index in [4.69, 9.17) is 4.74 Å². The first-order chi connectivity index (χ1) is 6.86. The van der Waals surface area contributed by atoms with Gasteiger partial charge in [0, 0.05) is 13.1 Å². The number of morpholine rings is 1. The highest BCUT2D eigenvalue weighted by molar-refractivity contribution is 5.89. The highest BCUT2D eigenvalue weighted by Gasteiger charge is 2.16. The summed E-state index contributed by atoms with van der Waals surface area (Å²) in [5.41, 5.74) is 2.65. The topological polar surface area (TPSA) is 96.0 Å². The molecule has 0 radical (unpaired) electrons. The van der Waals surface area contributed by atoms with Gasteiger partial charge in [-0.25, -0.2) is 5.01 Å². The summed E-state index contributed by atoms with van der Waals surface area (Å²) < 4.78 is 5.13. The maximum absolute atomic E-state index is 11.4. The molecule has 0 unspecified atom stereocenters. The van der Waals surface area contributed by atoms with Crippen LogP contribution in [0.25, 0.3) is 0 Å². The number of rotatable bonds is 2. The third-order valence-corrected chi connectivity index (χ3v) is 1.82. The highest BCUT2D eigenvalue weighted by Crippen LogP contribution is 1.93. The Morgan fingerprint density at radius 1 is 1.50 bits per heavy atom. The number of hydrazine groups is 1. The number of ether oxygens (including phenoxy) is 1. The highest BCUT2D eigenvalue weighted by atomic mass is 16.5. The van der Waals surface area contributed by atoms with Gasteiger partial charge in [0.2, 0.25) is 0 Å². The molecular weight excluding hydrogens is 188 g/mol. The van der Waals surface area contributed by atoms with Crippen molar-refractivity contribution in [3.05, 3.63) is 5.82 Å². The largest absolute Gasteiger partial charge is 0.379 e. The lowest BCUT2D eigenvalue weighted by Crippen LogP contribution is -2.48. The molecule has 0 aromatic carbocycles. The summed E-state index contributed by atoms with van der Waals surface area (Å²) in [6, 6.07) is 0. The number of aromatic amines is 1. The Balaban J connectivity index is 1.87. The zero-order valence-electron chi connectivity index (χ0n) is 7.43. The number of carbonyl (C=O) groups is 1. The Labute approximate surface area is 79.6 Å². The number of hydrogen-bond acceptors (Lipinski definition) is 6. The van der Waals surface area contributed by atoms with Gasteiger partial charge in [-0.3, -0.25) is 10.2 Å². The minimum atomic E-state index is -0.361. The van der Waals surface area contributed by atoms with Crippen molar-refractivity contribution in [2.75, 3.05) is 26.3 Å². The molecular formula is C6H10N6O2. The van der Waals surface area contributed by atoms with Crippen molar-refractivity contribution in [2.45, 2.75) is 0 Å². The molecule has 14 heavy (non-hydrogen) atoms. The van der Waals surface area contributed by atoms with Crippen molar-refractivity contribution in [3.8, 4) is 0 Å². The van der Waals surface area contributed by atoms with Crippen molar-refractivity contribution in [2.24, 2.45) is 0 Å². The summed E-state index contributed by atoms with van der Waals surface area (Å²) in [4.78, 5) is 11.4. The second-order valence-corrected chi connectivity index (χ2v) is 2.78. The lowest BCUT2D eigenvalue weighted by atomic mass is 10.5. The number of hydrogen-bond donors (Lipinski definition) is 2. The van der Waals surface area contributed by atoms with Gasteiger partial charge in [-0.15, -0.1) is 10.2 Å². The van der Waals surface area contributed by atoms with Gasteiger partial charge in [-0.2, -0.15) is 5.21 Å². The molecule has 0 bridgehead atoms. The Kier molecular flexibility index (Phi) is 2.65. The van der Waals surface area contributed by atoms with E-state index in [0.29, 0.717) is 26.3 Å². The molecule has 1 aliphatic heterocycles. The van der Waals surface area contributed by atoms with Crippen LogP contribution >= 0.6 is 0 Å². The molecule has 1 aliphatic rings. The average molecular weight is 198 g/mol. The van der Waals surface area contributed by atoms with E-state index in [-0.39, 0.29) is 11.7 Å². The van der Waals surface area contributed by atoms with Crippen LogP contribution in [-0.2, 0) is 4.74 Å². The predicted octanol–water partition coefficient (Wildman–Crippen LogP) is -1.82. The first-order valence-electron chi connectivity index (χ1n) is 4.23. The predicted molar refractivity (Wildman–Crippen MR) is 44.0 cm³/mol.